The Kier molecular flexibility index (Phi) is 8.79. The Morgan fingerprint density at radius 3 is 2.39 bits per heavy atom. The lowest BCUT2D eigenvalue weighted by molar-refractivity contribution is -0.127. The molecule has 1 atom stereocenters. The van der Waals surface area contributed by atoms with E-state index in [1.54, 1.807) is 31.4 Å². The summed E-state index contributed by atoms with van der Waals surface area (Å²) >= 11 is 5.99. The van der Waals surface area contributed by atoms with Crippen molar-refractivity contribution in [1.82, 2.24) is 9.62 Å². The summed E-state index contributed by atoms with van der Waals surface area (Å²) in [6.07, 6.45) is 1.85. The van der Waals surface area contributed by atoms with Crippen molar-refractivity contribution in [2.45, 2.75) is 44.9 Å². The Morgan fingerprint density at radius 2 is 1.82 bits per heavy atom. The van der Waals surface area contributed by atoms with Crippen LogP contribution in [0, 0.1) is 11.8 Å². The van der Waals surface area contributed by atoms with E-state index < -0.39 is 10.0 Å². The van der Waals surface area contributed by atoms with Gasteiger partial charge in [-0.05, 0) is 60.6 Å². The van der Waals surface area contributed by atoms with E-state index in [-0.39, 0.29) is 23.6 Å². The zero-order valence-corrected chi connectivity index (χ0v) is 21.0. The van der Waals surface area contributed by atoms with Gasteiger partial charge in [0.25, 0.3) is 0 Å². The Balaban J connectivity index is 1.59. The Labute approximate surface area is 202 Å². The van der Waals surface area contributed by atoms with Crippen LogP contribution in [0.2, 0.25) is 5.02 Å². The number of carbonyl (C=O) groups is 1. The largest absolute Gasteiger partial charge is 0.497 e. The summed E-state index contributed by atoms with van der Waals surface area (Å²) in [6.45, 7) is 4.95. The van der Waals surface area contributed by atoms with Gasteiger partial charge in [0.15, 0.2) is 0 Å². The van der Waals surface area contributed by atoms with Crippen molar-refractivity contribution >= 4 is 27.5 Å². The molecule has 0 spiro atoms. The second-order valence-corrected chi connectivity index (χ2v) is 11.4. The van der Waals surface area contributed by atoms with E-state index in [1.807, 2.05) is 24.3 Å². The fourth-order valence-electron chi connectivity index (χ4n) is 4.20. The number of halogens is 1. The average Bonchev–Trinajstić information content (AvgIpc) is 2.78. The van der Waals surface area contributed by atoms with Crippen molar-refractivity contribution in [2.75, 3.05) is 20.2 Å². The predicted molar refractivity (Wildman–Crippen MR) is 132 cm³/mol. The van der Waals surface area contributed by atoms with E-state index in [1.165, 1.54) is 4.31 Å². The van der Waals surface area contributed by atoms with Crippen LogP contribution in [-0.2, 0) is 20.6 Å². The monoisotopic (exact) mass is 492 g/mol. The summed E-state index contributed by atoms with van der Waals surface area (Å²) in [4.78, 5) is 13.1. The van der Waals surface area contributed by atoms with Crippen molar-refractivity contribution in [3.05, 3.63) is 64.7 Å². The average molecular weight is 493 g/mol. The minimum absolute atomic E-state index is 0.0108. The van der Waals surface area contributed by atoms with Crippen molar-refractivity contribution in [3.8, 4) is 5.75 Å². The van der Waals surface area contributed by atoms with Crippen LogP contribution >= 0.6 is 11.6 Å². The van der Waals surface area contributed by atoms with E-state index >= 15 is 0 Å². The maximum atomic E-state index is 13.1. The number of nitrogens with zero attached hydrogens (tertiary/aromatic N) is 1. The van der Waals surface area contributed by atoms with Crippen molar-refractivity contribution in [1.29, 1.82) is 0 Å². The number of hydrogen-bond acceptors (Lipinski definition) is 4. The summed E-state index contributed by atoms with van der Waals surface area (Å²) in [5.41, 5.74) is 1.71. The second-order valence-electron chi connectivity index (χ2n) is 9.02. The molecule has 1 aliphatic rings. The fraction of sp³-hybridized carbons (Fsp3) is 0.480. The molecule has 33 heavy (non-hydrogen) atoms. The van der Waals surface area contributed by atoms with Gasteiger partial charge in [0.1, 0.15) is 5.75 Å². The van der Waals surface area contributed by atoms with Gasteiger partial charge in [-0.2, -0.15) is 0 Å². The maximum Gasteiger partial charge on any atom is 0.223 e. The molecule has 1 fully saturated rings. The minimum Gasteiger partial charge on any atom is -0.497 e. The summed E-state index contributed by atoms with van der Waals surface area (Å²) in [7, 11) is -1.83. The third kappa shape index (κ3) is 7.19. The number of sulfonamides is 1. The number of amides is 1. The quantitative estimate of drug-likeness (QED) is 0.545. The topological polar surface area (TPSA) is 75.7 Å². The first-order valence-electron chi connectivity index (χ1n) is 11.3. The lowest BCUT2D eigenvalue weighted by Gasteiger charge is -2.32. The van der Waals surface area contributed by atoms with Gasteiger partial charge < -0.3 is 10.1 Å². The predicted octanol–water partition coefficient (Wildman–Crippen LogP) is 4.79. The van der Waals surface area contributed by atoms with Crippen LogP contribution in [0.25, 0.3) is 0 Å². The number of benzene rings is 2. The molecule has 3 rings (SSSR count). The first-order valence-corrected chi connectivity index (χ1v) is 13.3. The molecule has 6 nitrogen and oxygen atoms in total. The van der Waals surface area contributed by atoms with Gasteiger partial charge in [0.2, 0.25) is 15.9 Å². The third-order valence-corrected chi connectivity index (χ3v) is 8.08. The van der Waals surface area contributed by atoms with E-state index in [0.29, 0.717) is 42.4 Å². The first-order chi connectivity index (χ1) is 15.7. The normalized spacial score (nSPS) is 16.5. The molecule has 2 aromatic rings. The van der Waals surface area contributed by atoms with Crippen LogP contribution in [0.5, 0.6) is 5.75 Å². The highest BCUT2D eigenvalue weighted by molar-refractivity contribution is 7.88. The van der Waals surface area contributed by atoms with Gasteiger partial charge in [-0.1, -0.05) is 49.7 Å². The van der Waals surface area contributed by atoms with Crippen molar-refractivity contribution in [3.63, 3.8) is 0 Å². The Bertz CT molecular complexity index is 1030. The van der Waals surface area contributed by atoms with Gasteiger partial charge in [-0.25, -0.2) is 12.7 Å². The van der Waals surface area contributed by atoms with Crippen LogP contribution in [0.4, 0.5) is 0 Å². The summed E-state index contributed by atoms with van der Waals surface area (Å²) in [5.74, 6) is 0.896. The number of methoxy groups -OCH3 is 1. The summed E-state index contributed by atoms with van der Waals surface area (Å²) in [5, 5.41) is 3.73. The standard InChI is InChI=1S/C25H33ClN2O4S/c1-18(2)15-24(20-7-9-23(32-3)10-8-20)27-25(29)21-11-13-28(14-12-21)33(30,31)17-19-5-4-6-22(26)16-19/h4-10,16,18,21,24H,11-15,17H2,1-3H3,(H,27,29)/t24-/m0/s1. The van der Waals surface area contributed by atoms with Gasteiger partial charge in [0, 0.05) is 24.0 Å². The van der Waals surface area contributed by atoms with Crippen molar-refractivity contribution < 1.29 is 17.9 Å². The van der Waals surface area contributed by atoms with Crippen LogP contribution < -0.4 is 10.1 Å². The highest BCUT2D eigenvalue weighted by Crippen LogP contribution is 2.27. The van der Waals surface area contributed by atoms with Crippen LogP contribution in [-0.4, -0.2) is 38.8 Å². The highest BCUT2D eigenvalue weighted by atomic mass is 35.5. The molecule has 1 aliphatic heterocycles. The number of nitrogens with one attached hydrogen (secondary N) is 1. The molecule has 0 radical (unpaired) electrons. The number of piperidine rings is 1. The molecule has 0 bridgehead atoms. The first kappa shape index (κ1) is 25.5. The molecular formula is C25H33ClN2O4S. The molecular weight excluding hydrogens is 460 g/mol. The number of hydrogen-bond donors (Lipinski definition) is 1. The molecule has 1 saturated heterocycles. The molecule has 180 valence electrons. The number of carbonyl (C=O) groups excluding carboxylic acids is 1. The van der Waals surface area contributed by atoms with E-state index in [0.717, 1.165) is 17.7 Å². The lowest BCUT2D eigenvalue weighted by Crippen LogP contribution is -2.44. The van der Waals surface area contributed by atoms with Gasteiger partial charge in [-0.15, -0.1) is 0 Å². The number of ether oxygens (including phenoxy) is 1. The maximum absolute atomic E-state index is 13.1. The highest BCUT2D eigenvalue weighted by Gasteiger charge is 2.32. The molecule has 0 saturated carbocycles. The molecule has 8 heteroatoms. The van der Waals surface area contributed by atoms with E-state index in [4.69, 9.17) is 16.3 Å². The second kappa shape index (κ2) is 11.4. The summed E-state index contributed by atoms with van der Waals surface area (Å²) < 4.78 is 32.4. The molecule has 1 heterocycles. The van der Waals surface area contributed by atoms with Crippen molar-refractivity contribution in [2.24, 2.45) is 11.8 Å². The Morgan fingerprint density at radius 1 is 1.15 bits per heavy atom. The number of rotatable bonds is 9. The van der Waals surface area contributed by atoms with E-state index in [2.05, 4.69) is 19.2 Å². The molecule has 0 aromatic heterocycles. The smallest absolute Gasteiger partial charge is 0.223 e. The third-order valence-electron chi connectivity index (χ3n) is 6.00. The van der Waals surface area contributed by atoms with Gasteiger partial charge >= 0.3 is 0 Å². The minimum atomic E-state index is -3.46. The van der Waals surface area contributed by atoms with Crippen LogP contribution in [0.3, 0.4) is 0 Å². The molecule has 1 N–H and O–H groups in total. The molecule has 0 aliphatic carbocycles. The van der Waals surface area contributed by atoms with E-state index in [9.17, 15) is 13.2 Å². The SMILES string of the molecule is COc1ccc([C@H](CC(C)C)NC(=O)C2CCN(S(=O)(=O)Cc3cccc(Cl)c3)CC2)cc1. The molecule has 1 amide bonds. The zero-order chi connectivity index (χ0) is 24.0. The summed E-state index contributed by atoms with van der Waals surface area (Å²) in [6, 6.07) is 14.6. The van der Waals surface area contributed by atoms with Crippen LogP contribution in [0.15, 0.2) is 48.5 Å². The Hall–Kier alpha value is -2.09. The zero-order valence-electron chi connectivity index (χ0n) is 19.5. The van der Waals surface area contributed by atoms with Gasteiger partial charge in [-0.3, -0.25) is 4.79 Å². The molecule has 2 aromatic carbocycles. The van der Waals surface area contributed by atoms with Gasteiger partial charge in [0.05, 0.1) is 18.9 Å². The van der Waals surface area contributed by atoms with Crippen LogP contribution in [0.1, 0.15) is 50.3 Å². The fourth-order valence-corrected chi connectivity index (χ4v) is 5.96. The molecule has 0 unspecified atom stereocenters. The lowest BCUT2D eigenvalue weighted by atomic mass is 9.93.